The molecule has 2 heterocycles. The van der Waals surface area contributed by atoms with Crippen molar-refractivity contribution in [2.45, 2.75) is 12.8 Å². The minimum absolute atomic E-state index is 0.0148. The molecule has 0 radical (unpaired) electrons. The number of nitrogens with one attached hydrogen (secondary N) is 2. The Hall–Kier alpha value is -4.46. The second kappa shape index (κ2) is 8.23. The van der Waals surface area contributed by atoms with E-state index in [2.05, 4.69) is 10.6 Å². The number of rotatable bonds is 5. The van der Waals surface area contributed by atoms with Crippen molar-refractivity contribution in [3.8, 4) is 5.75 Å². The molecule has 0 saturated carbocycles. The largest absolute Gasteiger partial charge is 0.484 e. The van der Waals surface area contributed by atoms with Crippen LogP contribution in [0.4, 0.5) is 17.1 Å². The molecule has 4 amide bonds. The number of aryl methyl sites for hydroxylation is 1. The average Bonchev–Trinajstić information content (AvgIpc) is 3.08. The van der Waals surface area contributed by atoms with Crippen LogP contribution < -0.4 is 20.3 Å². The van der Waals surface area contributed by atoms with Crippen molar-refractivity contribution in [2.75, 3.05) is 22.1 Å². The number of benzene rings is 3. The first kappa shape index (κ1) is 20.4. The summed E-state index contributed by atoms with van der Waals surface area (Å²) in [6.07, 6.45) is 1.04. The Bertz CT molecular complexity index is 1280. The van der Waals surface area contributed by atoms with E-state index in [4.69, 9.17) is 4.74 Å². The van der Waals surface area contributed by atoms with Crippen molar-refractivity contribution < 1.29 is 23.9 Å². The molecule has 0 aromatic heterocycles. The predicted molar refractivity (Wildman–Crippen MR) is 122 cm³/mol. The van der Waals surface area contributed by atoms with E-state index >= 15 is 0 Å². The highest BCUT2D eigenvalue weighted by atomic mass is 16.5. The number of ether oxygens (including phenoxy) is 1. The van der Waals surface area contributed by atoms with Gasteiger partial charge in [0.15, 0.2) is 6.61 Å². The summed E-state index contributed by atoms with van der Waals surface area (Å²) in [7, 11) is 0. The van der Waals surface area contributed by atoms with Gasteiger partial charge in [-0.3, -0.25) is 19.2 Å². The molecule has 0 fully saturated rings. The Balaban J connectivity index is 1.24. The Kier molecular flexibility index (Phi) is 5.10. The number of nitrogens with zero attached hydrogens (tertiary/aromatic N) is 1. The van der Waals surface area contributed by atoms with Crippen molar-refractivity contribution >= 4 is 40.7 Å². The van der Waals surface area contributed by atoms with Gasteiger partial charge in [0.25, 0.3) is 17.7 Å². The number of hydrogen-bond donors (Lipinski definition) is 2. The van der Waals surface area contributed by atoms with Crippen LogP contribution in [0.2, 0.25) is 0 Å². The standard InChI is InChI=1S/C25H19N3O5/c29-22-11-8-15-12-18(9-10-21(15)27-22)33-14-23(30)26-16-4-3-5-17(13-16)28-24(31)19-6-1-2-7-20(19)25(28)32/h1-7,9-10,12-13H,8,11,14H2,(H,26,30)(H,27,29). The molecule has 2 aliphatic rings. The van der Waals surface area contributed by atoms with Crippen LogP contribution >= 0.6 is 0 Å². The summed E-state index contributed by atoms with van der Waals surface area (Å²) in [5.41, 5.74) is 3.24. The van der Waals surface area contributed by atoms with Crippen LogP contribution in [0, 0.1) is 0 Å². The number of carbonyl (C=O) groups excluding carboxylic acids is 4. The Labute approximate surface area is 189 Å². The van der Waals surface area contributed by atoms with E-state index in [1.54, 1.807) is 60.7 Å². The summed E-state index contributed by atoms with van der Waals surface area (Å²) in [5.74, 6) is -0.670. The summed E-state index contributed by atoms with van der Waals surface area (Å²) in [4.78, 5) is 50.4. The van der Waals surface area contributed by atoms with E-state index in [-0.39, 0.29) is 18.4 Å². The zero-order chi connectivity index (χ0) is 22.9. The number of anilines is 3. The third-order valence-corrected chi connectivity index (χ3v) is 5.52. The minimum Gasteiger partial charge on any atom is -0.484 e. The molecule has 164 valence electrons. The van der Waals surface area contributed by atoms with Gasteiger partial charge < -0.3 is 15.4 Å². The first-order valence-corrected chi connectivity index (χ1v) is 10.4. The summed E-state index contributed by atoms with van der Waals surface area (Å²) in [5, 5.41) is 5.52. The van der Waals surface area contributed by atoms with Crippen molar-refractivity contribution in [3.63, 3.8) is 0 Å². The quantitative estimate of drug-likeness (QED) is 0.591. The summed E-state index contributed by atoms with van der Waals surface area (Å²) < 4.78 is 5.60. The topological polar surface area (TPSA) is 105 Å². The minimum atomic E-state index is -0.397. The van der Waals surface area contributed by atoms with Gasteiger partial charge in [0.05, 0.1) is 16.8 Å². The third kappa shape index (κ3) is 3.94. The summed E-state index contributed by atoms with van der Waals surface area (Å²) >= 11 is 0. The van der Waals surface area contributed by atoms with Crippen LogP contribution in [0.3, 0.4) is 0 Å². The van der Waals surface area contributed by atoms with Crippen LogP contribution in [-0.4, -0.2) is 30.2 Å². The lowest BCUT2D eigenvalue weighted by Crippen LogP contribution is -2.29. The molecule has 0 spiro atoms. The number of fused-ring (bicyclic) bond motifs is 2. The highest BCUT2D eigenvalue weighted by Gasteiger charge is 2.36. The molecule has 0 saturated heterocycles. The van der Waals surface area contributed by atoms with Crippen molar-refractivity contribution in [1.82, 2.24) is 0 Å². The van der Waals surface area contributed by atoms with E-state index in [0.717, 1.165) is 16.2 Å². The molecule has 0 aliphatic carbocycles. The summed E-state index contributed by atoms with van der Waals surface area (Å²) in [6.45, 7) is -0.220. The lowest BCUT2D eigenvalue weighted by molar-refractivity contribution is -0.118. The molecular weight excluding hydrogens is 422 g/mol. The normalized spacial score (nSPS) is 14.4. The van der Waals surface area contributed by atoms with Gasteiger partial charge in [0.1, 0.15) is 5.75 Å². The van der Waals surface area contributed by atoms with Crippen LogP contribution in [0.25, 0.3) is 0 Å². The van der Waals surface area contributed by atoms with Gasteiger partial charge >= 0.3 is 0 Å². The van der Waals surface area contributed by atoms with Crippen molar-refractivity contribution in [3.05, 3.63) is 83.4 Å². The third-order valence-electron chi connectivity index (χ3n) is 5.52. The van der Waals surface area contributed by atoms with Gasteiger partial charge in [0, 0.05) is 17.8 Å². The lowest BCUT2D eigenvalue weighted by atomic mass is 10.0. The SMILES string of the molecule is O=C(COc1ccc2c(c1)CCC(=O)N2)Nc1cccc(N2C(=O)c3ccccc3C2=O)c1. The molecule has 3 aromatic carbocycles. The fraction of sp³-hybridized carbons (Fsp3) is 0.120. The van der Waals surface area contributed by atoms with Crippen LogP contribution in [0.15, 0.2) is 66.7 Å². The maximum absolute atomic E-state index is 12.7. The molecule has 8 heteroatoms. The molecule has 5 rings (SSSR count). The zero-order valence-corrected chi connectivity index (χ0v) is 17.5. The maximum Gasteiger partial charge on any atom is 0.266 e. The van der Waals surface area contributed by atoms with Gasteiger partial charge in [-0.25, -0.2) is 4.90 Å². The molecule has 0 unspecified atom stereocenters. The lowest BCUT2D eigenvalue weighted by Gasteiger charge is -2.18. The van der Waals surface area contributed by atoms with E-state index in [1.165, 1.54) is 0 Å². The van der Waals surface area contributed by atoms with Crippen LogP contribution in [0.1, 0.15) is 32.7 Å². The van der Waals surface area contributed by atoms with E-state index < -0.39 is 11.8 Å². The number of carbonyl (C=O) groups is 4. The van der Waals surface area contributed by atoms with Gasteiger partial charge in [-0.2, -0.15) is 0 Å². The second-order valence-corrected chi connectivity index (χ2v) is 7.75. The van der Waals surface area contributed by atoms with Crippen molar-refractivity contribution in [1.29, 1.82) is 0 Å². The van der Waals surface area contributed by atoms with E-state index in [9.17, 15) is 19.2 Å². The molecule has 8 nitrogen and oxygen atoms in total. The van der Waals surface area contributed by atoms with Gasteiger partial charge in [-0.05, 0) is 60.5 Å². The number of hydrogen-bond acceptors (Lipinski definition) is 5. The van der Waals surface area contributed by atoms with Gasteiger partial charge in [-0.1, -0.05) is 18.2 Å². The molecule has 2 aliphatic heterocycles. The molecule has 0 bridgehead atoms. The number of amides is 4. The Morgan fingerprint density at radius 2 is 1.67 bits per heavy atom. The van der Waals surface area contributed by atoms with Crippen molar-refractivity contribution in [2.24, 2.45) is 0 Å². The van der Waals surface area contributed by atoms with E-state index in [1.807, 2.05) is 6.07 Å². The molecule has 33 heavy (non-hydrogen) atoms. The Morgan fingerprint density at radius 3 is 2.42 bits per heavy atom. The smallest absolute Gasteiger partial charge is 0.266 e. The monoisotopic (exact) mass is 441 g/mol. The first-order valence-electron chi connectivity index (χ1n) is 10.4. The fourth-order valence-corrected chi connectivity index (χ4v) is 3.94. The van der Waals surface area contributed by atoms with E-state index in [0.29, 0.717) is 41.1 Å². The van der Waals surface area contributed by atoms with Gasteiger partial charge in [0.2, 0.25) is 5.91 Å². The summed E-state index contributed by atoms with van der Waals surface area (Å²) in [6, 6.07) is 18.5. The van der Waals surface area contributed by atoms with Crippen LogP contribution in [0.5, 0.6) is 5.75 Å². The molecule has 0 atom stereocenters. The fourth-order valence-electron chi connectivity index (χ4n) is 3.94. The highest BCUT2D eigenvalue weighted by molar-refractivity contribution is 6.34. The maximum atomic E-state index is 12.7. The van der Waals surface area contributed by atoms with Gasteiger partial charge in [-0.15, -0.1) is 0 Å². The number of imide groups is 1. The Morgan fingerprint density at radius 1 is 0.909 bits per heavy atom. The predicted octanol–water partition coefficient (Wildman–Crippen LogP) is 3.39. The van der Waals surface area contributed by atoms with Crippen LogP contribution in [-0.2, 0) is 16.0 Å². The second-order valence-electron chi connectivity index (χ2n) is 7.75. The first-order chi connectivity index (χ1) is 16.0. The molecule has 2 N–H and O–H groups in total. The zero-order valence-electron chi connectivity index (χ0n) is 17.5. The molecular formula is C25H19N3O5. The average molecular weight is 441 g/mol. The highest BCUT2D eigenvalue weighted by Crippen LogP contribution is 2.30. The molecule has 3 aromatic rings.